The number of hydrogen-bond donors (Lipinski definition) is 1. The number of hydrogen-bond acceptors (Lipinski definition) is 3. The molecule has 19 heavy (non-hydrogen) atoms. The van der Waals surface area contributed by atoms with Crippen LogP contribution in [0.5, 0.6) is 5.88 Å². The molecule has 2 rings (SSSR count). The van der Waals surface area contributed by atoms with Crippen molar-refractivity contribution in [1.82, 2.24) is 4.98 Å². The van der Waals surface area contributed by atoms with E-state index in [9.17, 15) is 0 Å². The van der Waals surface area contributed by atoms with Crippen LogP contribution >= 0.6 is 0 Å². The third-order valence-electron chi connectivity index (χ3n) is 3.92. The molecule has 1 aliphatic carbocycles. The zero-order valence-electron chi connectivity index (χ0n) is 12.5. The lowest BCUT2D eigenvalue weighted by molar-refractivity contribution is 0.0532. The predicted molar refractivity (Wildman–Crippen MR) is 78.1 cm³/mol. The van der Waals surface area contributed by atoms with E-state index in [4.69, 9.17) is 10.5 Å². The topological polar surface area (TPSA) is 48.1 Å². The van der Waals surface area contributed by atoms with Gasteiger partial charge in [0, 0.05) is 18.3 Å². The van der Waals surface area contributed by atoms with Crippen LogP contribution in [0.15, 0.2) is 18.3 Å². The highest BCUT2D eigenvalue weighted by Crippen LogP contribution is 2.39. The lowest BCUT2D eigenvalue weighted by atomic mass is 9.71. The van der Waals surface area contributed by atoms with Crippen molar-refractivity contribution in [1.29, 1.82) is 0 Å². The van der Waals surface area contributed by atoms with Gasteiger partial charge in [0.15, 0.2) is 0 Å². The minimum Gasteiger partial charge on any atom is -0.474 e. The molecule has 3 atom stereocenters. The molecule has 1 aromatic rings. The molecule has 3 nitrogen and oxygen atoms in total. The Morgan fingerprint density at radius 3 is 2.63 bits per heavy atom. The van der Waals surface area contributed by atoms with Crippen LogP contribution in [0.1, 0.15) is 58.6 Å². The number of ether oxygens (including phenoxy) is 1. The molecule has 1 heterocycles. The molecule has 3 heteroatoms. The van der Waals surface area contributed by atoms with E-state index in [1.807, 2.05) is 25.3 Å². The molecule has 0 bridgehead atoms. The molecule has 0 saturated heterocycles. The van der Waals surface area contributed by atoms with Gasteiger partial charge >= 0.3 is 0 Å². The molecule has 0 radical (unpaired) electrons. The quantitative estimate of drug-likeness (QED) is 0.903. The molecular weight excluding hydrogens is 236 g/mol. The third kappa shape index (κ3) is 3.93. The van der Waals surface area contributed by atoms with E-state index >= 15 is 0 Å². The molecule has 1 aliphatic rings. The zero-order chi connectivity index (χ0) is 14.0. The van der Waals surface area contributed by atoms with E-state index in [1.54, 1.807) is 0 Å². The SMILES string of the molecule is CC1CC(Oc2ccc(C(C)N)cn2)CC(C)(C)C1. The second-order valence-corrected chi connectivity index (χ2v) is 6.87. The van der Waals surface area contributed by atoms with Gasteiger partial charge in [0.25, 0.3) is 0 Å². The fraction of sp³-hybridized carbons (Fsp3) is 0.688. The summed E-state index contributed by atoms with van der Waals surface area (Å²) in [4.78, 5) is 4.36. The maximum Gasteiger partial charge on any atom is 0.213 e. The standard InChI is InChI=1S/C16H26N2O/c1-11-7-14(9-16(3,4)8-11)19-15-6-5-13(10-18-15)12(2)17/h5-6,10-12,14H,7-9,17H2,1-4H3. The largest absolute Gasteiger partial charge is 0.474 e. The Balaban J connectivity index is 2.00. The Hall–Kier alpha value is -1.09. The molecule has 1 fully saturated rings. The second kappa shape index (κ2) is 5.49. The number of nitrogens with zero attached hydrogens (tertiary/aromatic N) is 1. The van der Waals surface area contributed by atoms with Crippen LogP contribution < -0.4 is 10.5 Å². The van der Waals surface area contributed by atoms with Gasteiger partial charge in [-0.15, -0.1) is 0 Å². The molecule has 106 valence electrons. The number of pyridine rings is 1. The summed E-state index contributed by atoms with van der Waals surface area (Å²) in [7, 11) is 0. The Kier molecular flexibility index (Phi) is 4.14. The van der Waals surface area contributed by atoms with E-state index < -0.39 is 0 Å². The summed E-state index contributed by atoms with van der Waals surface area (Å²) < 4.78 is 6.04. The van der Waals surface area contributed by atoms with Crippen molar-refractivity contribution in [3.05, 3.63) is 23.9 Å². The van der Waals surface area contributed by atoms with Crippen molar-refractivity contribution in [3.63, 3.8) is 0 Å². The van der Waals surface area contributed by atoms with Gasteiger partial charge in [-0.2, -0.15) is 0 Å². The van der Waals surface area contributed by atoms with Crippen molar-refractivity contribution in [3.8, 4) is 5.88 Å². The van der Waals surface area contributed by atoms with E-state index in [0.717, 1.165) is 30.2 Å². The van der Waals surface area contributed by atoms with Crippen molar-refractivity contribution in [2.45, 2.75) is 59.1 Å². The molecule has 0 aromatic carbocycles. The van der Waals surface area contributed by atoms with E-state index in [-0.39, 0.29) is 12.1 Å². The number of rotatable bonds is 3. The Bertz CT molecular complexity index is 411. The first-order chi connectivity index (χ1) is 8.85. The summed E-state index contributed by atoms with van der Waals surface area (Å²) in [5.41, 5.74) is 7.24. The smallest absolute Gasteiger partial charge is 0.213 e. The Morgan fingerprint density at radius 2 is 2.11 bits per heavy atom. The maximum absolute atomic E-state index is 6.04. The third-order valence-corrected chi connectivity index (χ3v) is 3.92. The van der Waals surface area contributed by atoms with Crippen LogP contribution in [-0.2, 0) is 0 Å². The van der Waals surface area contributed by atoms with Crippen LogP contribution in [0.4, 0.5) is 0 Å². The lowest BCUT2D eigenvalue weighted by Crippen LogP contribution is -2.34. The molecule has 0 aliphatic heterocycles. The van der Waals surface area contributed by atoms with Crippen molar-refractivity contribution < 1.29 is 4.74 Å². The maximum atomic E-state index is 6.04. The highest BCUT2D eigenvalue weighted by molar-refractivity contribution is 5.20. The first-order valence-electron chi connectivity index (χ1n) is 7.24. The molecule has 1 aromatic heterocycles. The second-order valence-electron chi connectivity index (χ2n) is 6.87. The van der Waals surface area contributed by atoms with Crippen LogP contribution in [0.25, 0.3) is 0 Å². The highest BCUT2D eigenvalue weighted by Gasteiger charge is 2.33. The zero-order valence-corrected chi connectivity index (χ0v) is 12.5. The summed E-state index contributed by atoms with van der Waals surface area (Å²) in [5, 5.41) is 0. The first-order valence-corrected chi connectivity index (χ1v) is 7.24. The average molecular weight is 262 g/mol. The monoisotopic (exact) mass is 262 g/mol. The lowest BCUT2D eigenvalue weighted by Gasteiger charge is -2.38. The summed E-state index contributed by atoms with van der Waals surface area (Å²) in [6, 6.07) is 3.96. The fourth-order valence-corrected chi connectivity index (χ4v) is 3.25. The Morgan fingerprint density at radius 1 is 1.37 bits per heavy atom. The van der Waals surface area contributed by atoms with Crippen LogP contribution in [-0.4, -0.2) is 11.1 Å². The van der Waals surface area contributed by atoms with E-state index in [0.29, 0.717) is 5.41 Å². The van der Waals surface area contributed by atoms with E-state index in [1.165, 1.54) is 6.42 Å². The number of aromatic nitrogens is 1. The fourth-order valence-electron chi connectivity index (χ4n) is 3.25. The van der Waals surface area contributed by atoms with Gasteiger partial charge in [-0.3, -0.25) is 0 Å². The molecular formula is C16H26N2O. The predicted octanol–water partition coefficient (Wildman–Crippen LogP) is 3.69. The minimum atomic E-state index is 0.0233. The van der Waals surface area contributed by atoms with Crippen molar-refractivity contribution in [2.75, 3.05) is 0 Å². The normalized spacial score (nSPS) is 27.8. The van der Waals surface area contributed by atoms with Gasteiger partial charge in [0.05, 0.1) is 0 Å². The molecule has 0 amide bonds. The summed E-state index contributed by atoms with van der Waals surface area (Å²) in [6.45, 7) is 8.92. The Labute approximate surface area is 116 Å². The summed E-state index contributed by atoms with van der Waals surface area (Å²) >= 11 is 0. The van der Waals surface area contributed by atoms with Gasteiger partial charge in [-0.1, -0.05) is 26.8 Å². The van der Waals surface area contributed by atoms with Gasteiger partial charge in [0.1, 0.15) is 6.10 Å². The number of nitrogens with two attached hydrogens (primary N) is 1. The van der Waals surface area contributed by atoms with Gasteiger partial charge in [-0.05, 0) is 43.1 Å². The van der Waals surface area contributed by atoms with Crippen LogP contribution in [0.2, 0.25) is 0 Å². The van der Waals surface area contributed by atoms with Crippen LogP contribution in [0.3, 0.4) is 0 Å². The van der Waals surface area contributed by atoms with Crippen LogP contribution in [0, 0.1) is 11.3 Å². The highest BCUT2D eigenvalue weighted by atomic mass is 16.5. The molecule has 3 unspecified atom stereocenters. The molecule has 2 N–H and O–H groups in total. The summed E-state index contributed by atoms with van der Waals surface area (Å²) in [5.74, 6) is 1.44. The van der Waals surface area contributed by atoms with Gasteiger partial charge < -0.3 is 10.5 Å². The van der Waals surface area contributed by atoms with Gasteiger partial charge in [0.2, 0.25) is 5.88 Å². The van der Waals surface area contributed by atoms with Gasteiger partial charge in [-0.25, -0.2) is 4.98 Å². The van der Waals surface area contributed by atoms with Crippen molar-refractivity contribution in [2.24, 2.45) is 17.1 Å². The summed E-state index contributed by atoms with van der Waals surface area (Å²) in [6.07, 6.45) is 5.61. The van der Waals surface area contributed by atoms with Crippen molar-refractivity contribution >= 4 is 0 Å². The minimum absolute atomic E-state index is 0.0233. The molecule has 0 spiro atoms. The van der Waals surface area contributed by atoms with E-state index in [2.05, 4.69) is 25.8 Å². The average Bonchev–Trinajstić information content (AvgIpc) is 2.26. The first kappa shape index (κ1) is 14.3. The molecule has 1 saturated carbocycles.